The van der Waals surface area contributed by atoms with E-state index in [4.69, 9.17) is 11.6 Å². The number of aromatic nitrogens is 1. The van der Waals surface area contributed by atoms with Crippen LogP contribution in [0.15, 0.2) is 10.9 Å². The molecule has 0 aliphatic carbocycles. The van der Waals surface area contributed by atoms with Crippen LogP contribution in [0, 0.1) is 6.92 Å². The van der Waals surface area contributed by atoms with Gasteiger partial charge in [-0.25, -0.2) is 0 Å². The predicted molar refractivity (Wildman–Crippen MR) is 48.0 cm³/mol. The summed E-state index contributed by atoms with van der Waals surface area (Å²) < 4.78 is 39.3. The smallest absolute Gasteiger partial charge is 0.389 e. The molecular formula is C8H7ClF3NO2. The average Bonchev–Trinajstić information content (AvgIpc) is 2.08. The topological polar surface area (TPSA) is 42.1 Å². The SMILES string of the molecule is Cc1cc(CCl)c(OC(F)(F)F)[nH]c1=O. The van der Waals surface area contributed by atoms with E-state index in [9.17, 15) is 18.0 Å². The molecule has 0 unspecified atom stereocenters. The summed E-state index contributed by atoms with van der Waals surface area (Å²) in [4.78, 5) is 13.0. The Morgan fingerprint density at radius 2 is 2.13 bits per heavy atom. The highest BCUT2D eigenvalue weighted by atomic mass is 35.5. The normalized spacial score (nSPS) is 11.5. The third-order valence-corrected chi connectivity index (χ3v) is 1.92. The molecule has 0 radical (unpaired) electrons. The summed E-state index contributed by atoms with van der Waals surface area (Å²) in [5.41, 5.74) is -0.269. The van der Waals surface area contributed by atoms with Crippen molar-refractivity contribution in [1.29, 1.82) is 0 Å². The molecule has 0 saturated heterocycles. The molecule has 1 heterocycles. The molecule has 0 spiro atoms. The lowest BCUT2D eigenvalue weighted by Gasteiger charge is -2.11. The summed E-state index contributed by atoms with van der Waals surface area (Å²) in [6.45, 7) is 1.46. The van der Waals surface area contributed by atoms with E-state index >= 15 is 0 Å². The Labute approximate surface area is 87.8 Å². The first kappa shape index (κ1) is 11.9. The average molecular weight is 242 g/mol. The predicted octanol–water partition coefficient (Wildman–Crippen LogP) is 2.32. The molecule has 0 aliphatic rings. The van der Waals surface area contributed by atoms with Crippen LogP contribution in [0.25, 0.3) is 0 Å². The molecule has 1 N–H and O–H groups in total. The molecule has 1 aromatic heterocycles. The molecule has 0 aliphatic heterocycles. The maximum Gasteiger partial charge on any atom is 0.574 e. The first-order valence-electron chi connectivity index (χ1n) is 3.88. The fourth-order valence-corrected chi connectivity index (χ4v) is 1.18. The third kappa shape index (κ3) is 3.16. The minimum absolute atomic E-state index is 0.0890. The Morgan fingerprint density at radius 3 is 2.60 bits per heavy atom. The van der Waals surface area contributed by atoms with Gasteiger partial charge in [-0.1, -0.05) is 0 Å². The van der Waals surface area contributed by atoms with Gasteiger partial charge in [-0.05, 0) is 13.0 Å². The van der Waals surface area contributed by atoms with Crippen molar-refractivity contribution in [3.8, 4) is 5.88 Å². The molecule has 0 fully saturated rings. The highest BCUT2D eigenvalue weighted by Crippen LogP contribution is 2.24. The molecule has 1 aromatic rings. The van der Waals surface area contributed by atoms with Crippen LogP contribution in [0.4, 0.5) is 13.2 Å². The van der Waals surface area contributed by atoms with Gasteiger partial charge in [0.1, 0.15) is 0 Å². The number of hydrogen-bond acceptors (Lipinski definition) is 2. The van der Waals surface area contributed by atoms with Gasteiger partial charge in [-0.2, -0.15) is 0 Å². The summed E-state index contributed by atoms with van der Waals surface area (Å²) in [5.74, 6) is -0.837. The van der Waals surface area contributed by atoms with E-state index in [1.165, 1.54) is 13.0 Å². The number of ether oxygens (including phenoxy) is 1. The van der Waals surface area contributed by atoms with Crippen molar-refractivity contribution in [3.05, 3.63) is 27.5 Å². The van der Waals surface area contributed by atoms with E-state index in [2.05, 4.69) is 4.74 Å². The van der Waals surface area contributed by atoms with Crippen LogP contribution in [0.5, 0.6) is 5.88 Å². The van der Waals surface area contributed by atoms with Crippen LogP contribution in [-0.4, -0.2) is 11.3 Å². The van der Waals surface area contributed by atoms with E-state index in [0.29, 0.717) is 0 Å². The molecule has 7 heteroatoms. The molecule has 0 bridgehead atoms. The van der Waals surface area contributed by atoms with Gasteiger partial charge in [-0.15, -0.1) is 24.8 Å². The Kier molecular flexibility index (Phi) is 3.28. The lowest BCUT2D eigenvalue weighted by molar-refractivity contribution is -0.276. The second kappa shape index (κ2) is 4.14. The van der Waals surface area contributed by atoms with Crippen LogP contribution in [0.3, 0.4) is 0 Å². The minimum Gasteiger partial charge on any atom is -0.389 e. The first-order valence-corrected chi connectivity index (χ1v) is 4.41. The quantitative estimate of drug-likeness (QED) is 0.808. The number of pyridine rings is 1. The van der Waals surface area contributed by atoms with E-state index < -0.39 is 17.8 Å². The number of rotatable bonds is 2. The third-order valence-electron chi connectivity index (χ3n) is 1.63. The molecule has 0 aromatic carbocycles. The number of nitrogens with one attached hydrogen (secondary N) is 1. The number of alkyl halides is 4. The van der Waals surface area contributed by atoms with E-state index in [1.54, 1.807) is 0 Å². The van der Waals surface area contributed by atoms with Gasteiger partial charge in [0, 0.05) is 11.1 Å². The van der Waals surface area contributed by atoms with Crippen molar-refractivity contribution in [2.24, 2.45) is 0 Å². The van der Waals surface area contributed by atoms with E-state index in [1.807, 2.05) is 4.98 Å². The van der Waals surface area contributed by atoms with E-state index in [0.717, 1.165) is 0 Å². The Balaban J connectivity index is 3.17. The summed E-state index contributed by atoms with van der Waals surface area (Å²) in [6.07, 6.45) is -4.85. The zero-order chi connectivity index (χ0) is 11.6. The first-order chi connectivity index (χ1) is 6.83. The fraction of sp³-hybridized carbons (Fsp3) is 0.375. The van der Waals surface area contributed by atoms with Gasteiger partial charge in [0.25, 0.3) is 5.56 Å². The number of halogens is 4. The highest BCUT2D eigenvalue weighted by Gasteiger charge is 2.32. The van der Waals surface area contributed by atoms with Gasteiger partial charge >= 0.3 is 6.36 Å². The standard InChI is InChI=1S/C8H7ClF3NO2/c1-4-2-5(3-9)7(13-6(4)14)15-8(10,11)12/h2H,3H2,1H3,(H,13,14). The number of aromatic amines is 1. The lowest BCUT2D eigenvalue weighted by atomic mass is 10.2. The van der Waals surface area contributed by atoms with Gasteiger partial charge in [0.2, 0.25) is 5.88 Å². The molecule has 3 nitrogen and oxygen atoms in total. The van der Waals surface area contributed by atoms with Gasteiger partial charge < -0.3 is 4.74 Å². The van der Waals surface area contributed by atoms with E-state index in [-0.39, 0.29) is 17.0 Å². The molecule has 0 atom stereocenters. The minimum atomic E-state index is -4.85. The van der Waals surface area contributed by atoms with Crippen LogP contribution >= 0.6 is 11.6 Å². The Morgan fingerprint density at radius 1 is 1.53 bits per heavy atom. The van der Waals surface area contributed by atoms with Crippen molar-refractivity contribution >= 4 is 11.6 Å². The zero-order valence-electron chi connectivity index (χ0n) is 7.61. The largest absolute Gasteiger partial charge is 0.574 e. The second-order valence-electron chi connectivity index (χ2n) is 2.82. The van der Waals surface area contributed by atoms with Crippen LogP contribution < -0.4 is 10.3 Å². The zero-order valence-corrected chi connectivity index (χ0v) is 8.37. The Bertz CT molecular complexity index is 413. The molecule has 0 amide bonds. The second-order valence-corrected chi connectivity index (χ2v) is 3.08. The molecular weight excluding hydrogens is 235 g/mol. The van der Waals surface area contributed by atoms with Gasteiger partial charge in [-0.3, -0.25) is 9.78 Å². The number of aryl methyl sites for hydroxylation is 1. The number of hydrogen-bond donors (Lipinski definition) is 1. The summed E-state index contributed by atoms with van der Waals surface area (Å²) >= 11 is 5.42. The Hall–Kier alpha value is -1.17. The van der Waals surface area contributed by atoms with Crippen molar-refractivity contribution < 1.29 is 17.9 Å². The van der Waals surface area contributed by atoms with Crippen LogP contribution in [-0.2, 0) is 5.88 Å². The van der Waals surface area contributed by atoms with Crippen LogP contribution in [0.2, 0.25) is 0 Å². The van der Waals surface area contributed by atoms with Crippen molar-refractivity contribution in [1.82, 2.24) is 4.98 Å². The van der Waals surface area contributed by atoms with Gasteiger partial charge in [0.15, 0.2) is 0 Å². The molecule has 0 saturated carbocycles. The summed E-state index contributed by atoms with van der Waals surface area (Å²) in [5, 5.41) is 0. The highest BCUT2D eigenvalue weighted by molar-refractivity contribution is 6.17. The molecule has 84 valence electrons. The molecule has 15 heavy (non-hydrogen) atoms. The summed E-state index contributed by atoms with van der Waals surface area (Å²) in [6, 6.07) is 1.26. The van der Waals surface area contributed by atoms with Crippen molar-refractivity contribution in [3.63, 3.8) is 0 Å². The monoisotopic (exact) mass is 241 g/mol. The maximum absolute atomic E-state index is 11.9. The maximum atomic E-state index is 11.9. The number of H-pyrrole nitrogens is 1. The summed E-state index contributed by atoms with van der Waals surface area (Å²) in [7, 11) is 0. The van der Waals surface area contributed by atoms with Gasteiger partial charge in [0.05, 0.1) is 5.88 Å². The fourth-order valence-electron chi connectivity index (χ4n) is 0.980. The van der Waals surface area contributed by atoms with Crippen molar-refractivity contribution in [2.45, 2.75) is 19.2 Å². The van der Waals surface area contributed by atoms with Crippen molar-refractivity contribution in [2.75, 3.05) is 0 Å². The lowest BCUT2D eigenvalue weighted by Crippen LogP contribution is -2.22. The molecule has 1 rings (SSSR count). The van der Waals surface area contributed by atoms with Crippen LogP contribution in [0.1, 0.15) is 11.1 Å².